The molecule has 0 aromatic heterocycles. The van der Waals surface area contributed by atoms with E-state index < -0.39 is 0 Å². The van der Waals surface area contributed by atoms with Crippen molar-refractivity contribution in [1.82, 2.24) is 9.80 Å². The van der Waals surface area contributed by atoms with Gasteiger partial charge in [-0.15, -0.1) is 0 Å². The molecule has 0 bridgehead atoms. The zero-order valence-corrected chi connectivity index (χ0v) is 12.2. The first-order valence-electron chi connectivity index (χ1n) is 7.48. The number of ether oxygens (including phenoxy) is 1. The summed E-state index contributed by atoms with van der Waals surface area (Å²) in [6.45, 7) is 5.70. The van der Waals surface area contributed by atoms with Crippen LogP contribution in [0.1, 0.15) is 26.2 Å². The standard InChI is InChI=1S/C14H25N3O3/c1-11(15)9-13(18)17-4-2-3-12(10-17)14(19)16-5-7-20-8-6-16/h11-12H,2-10,15H2,1H3. The maximum absolute atomic E-state index is 12.5. The van der Waals surface area contributed by atoms with Gasteiger partial charge in [0.1, 0.15) is 0 Å². The van der Waals surface area contributed by atoms with E-state index in [1.54, 1.807) is 4.90 Å². The van der Waals surface area contributed by atoms with Crippen molar-refractivity contribution in [2.75, 3.05) is 39.4 Å². The molecule has 2 saturated heterocycles. The van der Waals surface area contributed by atoms with E-state index in [0.29, 0.717) is 39.3 Å². The topological polar surface area (TPSA) is 75.9 Å². The van der Waals surface area contributed by atoms with Crippen molar-refractivity contribution in [2.45, 2.75) is 32.2 Å². The molecule has 6 nitrogen and oxygen atoms in total. The number of likely N-dealkylation sites (tertiary alicyclic amines) is 1. The molecule has 2 fully saturated rings. The van der Waals surface area contributed by atoms with Gasteiger partial charge in [0.25, 0.3) is 0 Å². The number of rotatable bonds is 3. The minimum absolute atomic E-state index is 0.0566. The second-order valence-electron chi connectivity index (χ2n) is 5.80. The number of morpholine rings is 1. The molecule has 2 atom stereocenters. The van der Waals surface area contributed by atoms with Crippen molar-refractivity contribution in [3.63, 3.8) is 0 Å². The Morgan fingerprint density at radius 2 is 1.95 bits per heavy atom. The lowest BCUT2D eigenvalue weighted by Gasteiger charge is -2.36. The third-order valence-electron chi connectivity index (χ3n) is 3.94. The van der Waals surface area contributed by atoms with Crippen molar-refractivity contribution in [3.8, 4) is 0 Å². The number of nitrogens with two attached hydrogens (primary N) is 1. The van der Waals surface area contributed by atoms with Crippen LogP contribution in [0, 0.1) is 5.92 Å². The smallest absolute Gasteiger partial charge is 0.227 e. The predicted molar refractivity (Wildman–Crippen MR) is 75.0 cm³/mol. The Morgan fingerprint density at radius 3 is 2.60 bits per heavy atom. The molecule has 2 N–H and O–H groups in total. The van der Waals surface area contributed by atoms with Crippen molar-refractivity contribution in [2.24, 2.45) is 11.7 Å². The Balaban J connectivity index is 1.89. The van der Waals surface area contributed by atoms with E-state index in [2.05, 4.69) is 0 Å². The van der Waals surface area contributed by atoms with Crippen LogP contribution in [-0.2, 0) is 14.3 Å². The van der Waals surface area contributed by atoms with Crippen LogP contribution in [0.15, 0.2) is 0 Å². The Hall–Kier alpha value is -1.14. The van der Waals surface area contributed by atoms with Gasteiger partial charge in [0.2, 0.25) is 11.8 Å². The van der Waals surface area contributed by atoms with E-state index in [4.69, 9.17) is 10.5 Å². The predicted octanol–water partition coefficient (Wildman–Crippen LogP) is -0.179. The molecule has 0 aromatic rings. The molecule has 114 valence electrons. The van der Waals surface area contributed by atoms with Gasteiger partial charge >= 0.3 is 0 Å². The van der Waals surface area contributed by atoms with Crippen molar-refractivity contribution in [1.29, 1.82) is 0 Å². The van der Waals surface area contributed by atoms with E-state index in [0.717, 1.165) is 19.4 Å². The molecule has 0 aliphatic carbocycles. The highest BCUT2D eigenvalue weighted by atomic mass is 16.5. The number of piperidine rings is 1. The van der Waals surface area contributed by atoms with Crippen molar-refractivity contribution < 1.29 is 14.3 Å². The Kier molecular flexibility index (Phi) is 5.37. The van der Waals surface area contributed by atoms with Gasteiger partial charge in [-0.25, -0.2) is 0 Å². The lowest BCUT2D eigenvalue weighted by molar-refractivity contribution is -0.144. The summed E-state index contributed by atoms with van der Waals surface area (Å²) in [5.41, 5.74) is 5.67. The van der Waals surface area contributed by atoms with Crippen molar-refractivity contribution in [3.05, 3.63) is 0 Å². The van der Waals surface area contributed by atoms with Crippen LogP contribution in [0.2, 0.25) is 0 Å². The first-order chi connectivity index (χ1) is 9.58. The molecule has 2 heterocycles. The van der Waals surface area contributed by atoms with Crippen LogP contribution in [0.4, 0.5) is 0 Å². The first-order valence-corrected chi connectivity index (χ1v) is 7.48. The molecule has 2 aliphatic rings. The Bertz CT molecular complexity index is 354. The molecular weight excluding hydrogens is 258 g/mol. The summed E-state index contributed by atoms with van der Waals surface area (Å²) in [5.74, 6) is 0.185. The average Bonchev–Trinajstić information content (AvgIpc) is 2.47. The summed E-state index contributed by atoms with van der Waals surface area (Å²) >= 11 is 0. The molecule has 2 aliphatic heterocycles. The maximum atomic E-state index is 12.5. The number of hydrogen-bond acceptors (Lipinski definition) is 4. The SMILES string of the molecule is CC(N)CC(=O)N1CCCC(C(=O)N2CCOCC2)C1. The summed E-state index contributed by atoms with van der Waals surface area (Å²) in [4.78, 5) is 28.2. The summed E-state index contributed by atoms with van der Waals surface area (Å²) in [7, 11) is 0. The van der Waals surface area contributed by atoms with Crippen molar-refractivity contribution >= 4 is 11.8 Å². The normalized spacial score (nSPS) is 25.4. The van der Waals surface area contributed by atoms with Gasteiger partial charge < -0.3 is 20.3 Å². The lowest BCUT2D eigenvalue weighted by atomic mass is 9.96. The fourth-order valence-electron chi connectivity index (χ4n) is 2.85. The van der Waals surface area contributed by atoms with Gasteiger partial charge in [0, 0.05) is 38.6 Å². The summed E-state index contributed by atoms with van der Waals surface area (Å²) < 4.78 is 5.27. The minimum Gasteiger partial charge on any atom is -0.378 e. The number of carbonyl (C=O) groups is 2. The quantitative estimate of drug-likeness (QED) is 0.779. The van der Waals surface area contributed by atoms with Gasteiger partial charge in [-0.3, -0.25) is 9.59 Å². The van der Waals surface area contributed by atoms with Gasteiger partial charge in [0.05, 0.1) is 19.1 Å². The number of carbonyl (C=O) groups excluding carboxylic acids is 2. The summed E-state index contributed by atoms with van der Waals surface area (Å²) in [6.07, 6.45) is 2.13. The zero-order chi connectivity index (χ0) is 14.5. The molecule has 20 heavy (non-hydrogen) atoms. The highest BCUT2D eigenvalue weighted by Gasteiger charge is 2.31. The van der Waals surface area contributed by atoms with Crippen LogP contribution in [0.25, 0.3) is 0 Å². The Morgan fingerprint density at radius 1 is 1.25 bits per heavy atom. The molecule has 2 unspecified atom stereocenters. The van der Waals surface area contributed by atoms with Crippen LogP contribution in [0.5, 0.6) is 0 Å². The molecule has 0 saturated carbocycles. The largest absolute Gasteiger partial charge is 0.378 e. The van der Waals surface area contributed by atoms with Gasteiger partial charge in [-0.1, -0.05) is 0 Å². The monoisotopic (exact) mass is 283 g/mol. The number of hydrogen-bond donors (Lipinski definition) is 1. The fourth-order valence-corrected chi connectivity index (χ4v) is 2.85. The van der Waals surface area contributed by atoms with Crippen LogP contribution < -0.4 is 5.73 Å². The van der Waals surface area contributed by atoms with Crippen LogP contribution >= 0.6 is 0 Å². The molecule has 0 radical (unpaired) electrons. The van der Waals surface area contributed by atoms with Gasteiger partial charge in [0.15, 0.2) is 0 Å². The molecule has 2 rings (SSSR count). The number of nitrogens with zero attached hydrogens (tertiary/aromatic N) is 2. The first kappa shape index (κ1) is 15.3. The highest BCUT2D eigenvalue weighted by molar-refractivity contribution is 5.81. The summed E-state index contributed by atoms with van der Waals surface area (Å²) in [6, 6.07) is -0.127. The third-order valence-corrected chi connectivity index (χ3v) is 3.94. The molecule has 0 aromatic carbocycles. The third kappa shape index (κ3) is 3.93. The lowest BCUT2D eigenvalue weighted by Crippen LogP contribution is -2.50. The van der Waals surface area contributed by atoms with E-state index in [1.165, 1.54) is 0 Å². The van der Waals surface area contributed by atoms with E-state index >= 15 is 0 Å². The average molecular weight is 283 g/mol. The van der Waals surface area contributed by atoms with Gasteiger partial charge in [-0.2, -0.15) is 0 Å². The van der Waals surface area contributed by atoms with Gasteiger partial charge in [-0.05, 0) is 19.8 Å². The second-order valence-corrected chi connectivity index (χ2v) is 5.80. The van der Waals surface area contributed by atoms with E-state index in [9.17, 15) is 9.59 Å². The maximum Gasteiger partial charge on any atom is 0.227 e. The molecule has 6 heteroatoms. The highest BCUT2D eigenvalue weighted by Crippen LogP contribution is 2.20. The molecule has 0 spiro atoms. The molecule has 2 amide bonds. The summed E-state index contributed by atoms with van der Waals surface area (Å²) in [5, 5.41) is 0. The van der Waals surface area contributed by atoms with E-state index in [-0.39, 0.29) is 23.8 Å². The number of amides is 2. The van der Waals surface area contributed by atoms with E-state index in [1.807, 2.05) is 11.8 Å². The van der Waals surface area contributed by atoms with Crippen LogP contribution in [0.3, 0.4) is 0 Å². The molecular formula is C14H25N3O3. The Labute approximate surface area is 120 Å². The minimum atomic E-state index is -0.127. The van der Waals surface area contributed by atoms with Crippen LogP contribution in [-0.4, -0.2) is 67.0 Å². The zero-order valence-electron chi connectivity index (χ0n) is 12.2. The fraction of sp³-hybridized carbons (Fsp3) is 0.857. The second kappa shape index (κ2) is 7.04.